The van der Waals surface area contributed by atoms with E-state index in [0.717, 1.165) is 11.3 Å². The van der Waals surface area contributed by atoms with Crippen LogP contribution in [0.3, 0.4) is 0 Å². The van der Waals surface area contributed by atoms with Gasteiger partial charge >= 0.3 is 0 Å². The fourth-order valence-electron chi connectivity index (χ4n) is 1.56. The Labute approximate surface area is 105 Å². The molecule has 1 amide bonds. The zero-order chi connectivity index (χ0) is 13.1. The van der Waals surface area contributed by atoms with E-state index in [1.807, 2.05) is 26.0 Å². The van der Waals surface area contributed by atoms with Crippen molar-refractivity contribution in [1.82, 2.24) is 9.97 Å². The molecule has 0 aliphatic heterocycles. The second-order valence-corrected chi connectivity index (χ2v) is 4.04. The maximum absolute atomic E-state index is 12.0. The molecule has 2 heterocycles. The van der Waals surface area contributed by atoms with Gasteiger partial charge in [-0.3, -0.25) is 9.78 Å². The lowest BCUT2D eigenvalue weighted by atomic mass is 10.2. The Bertz CT molecular complexity index is 595. The summed E-state index contributed by atoms with van der Waals surface area (Å²) in [5.74, 6) is 0.226. The zero-order valence-corrected chi connectivity index (χ0v) is 10.3. The van der Waals surface area contributed by atoms with Crippen molar-refractivity contribution in [2.24, 2.45) is 0 Å². The number of carbonyl (C=O) groups is 1. The molecule has 0 saturated carbocycles. The van der Waals surface area contributed by atoms with Crippen LogP contribution in [0.5, 0.6) is 0 Å². The van der Waals surface area contributed by atoms with Crippen molar-refractivity contribution in [3.8, 4) is 0 Å². The fourth-order valence-corrected chi connectivity index (χ4v) is 1.56. The molecule has 0 aromatic carbocycles. The molecule has 0 fully saturated rings. The average Bonchev–Trinajstić information content (AvgIpc) is 2.32. The van der Waals surface area contributed by atoms with E-state index in [1.165, 1.54) is 6.20 Å². The quantitative estimate of drug-likeness (QED) is 0.843. The van der Waals surface area contributed by atoms with Crippen LogP contribution in [0.1, 0.15) is 21.6 Å². The highest BCUT2D eigenvalue weighted by atomic mass is 16.1. The maximum Gasteiger partial charge on any atom is 0.260 e. The number of rotatable bonds is 2. The van der Waals surface area contributed by atoms with E-state index in [1.54, 1.807) is 12.3 Å². The summed E-state index contributed by atoms with van der Waals surface area (Å²) in [5, 5.41) is 2.72. The van der Waals surface area contributed by atoms with Crippen LogP contribution >= 0.6 is 0 Å². The number of nitrogens with one attached hydrogen (secondary N) is 1. The third-order valence-electron chi connectivity index (χ3n) is 2.56. The molecule has 0 aliphatic carbocycles. The number of carbonyl (C=O) groups excluding carboxylic acids is 1. The van der Waals surface area contributed by atoms with Gasteiger partial charge in [0.15, 0.2) is 0 Å². The van der Waals surface area contributed by atoms with E-state index < -0.39 is 0 Å². The monoisotopic (exact) mass is 242 g/mol. The first-order valence-corrected chi connectivity index (χ1v) is 5.53. The van der Waals surface area contributed by atoms with E-state index in [0.29, 0.717) is 17.1 Å². The van der Waals surface area contributed by atoms with Crippen LogP contribution in [-0.2, 0) is 0 Å². The number of anilines is 2. The molecule has 0 bridgehead atoms. The van der Waals surface area contributed by atoms with Crippen molar-refractivity contribution >= 4 is 17.4 Å². The lowest BCUT2D eigenvalue weighted by Crippen LogP contribution is -2.16. The number of aromatic nitrogens is 2. The van der Waals surface area contributed by atoms with E-state index in [9.17, 15) is 4.79 Å². The minimum Gasteiger partial charge on any atom is -0.398 e. The number of hydrogen-bond acceptors (Lipinski definition) is 4. The van der Waals surface area contributed by atoms with Crippen LogP contribution in [0.15, 0.2) is 30.6 Å². The van der Waals surface area contributed by atoms with Gasteiger partial charge in [-0.1, -0.05) is 6.07 Å². The van der Waals surface area contributed by atoms with Crippen LogP contribution in [-0.4, -0.2) is 15.9 Å². The molecule has 5 nitrogen and oxygen atoms in total. The Hall–Kier alpha value is -2.43. The predicted octanol–water partition coefficient (Wildman–Crippen LogP) is 1.93. The molecule has 0 atom stereocenters. The number of nitrogen functional groups attached to an aromatic ring is 1. The Morgan fingerprint density at radius 3 is 2.78 bits per heavy atom. The van der Waals surface area contributed by atoms with Gasteiger partial charge in [0.1, 0.15) is 5.82 Å². The van der Waals surface area contributed by atoms with Gasteiger partial charge in [0.05, 0.1) is 5.56 Å². The highest BCUT2D eigenvalue weighted by Gasteiger charge is 2.12. The van der Waals surface area contributed by atoms with Crippen molar-refractivity contribution in [3.63, 3.8) is 0 Å². The molecule has 2 aromatic heterocycles. The van der Waals surface area contributed by atoms with Gasteiger partial charge in [0, 0.05) is 23.8 Å². The van der Waals surface area contributed by atoms with Crippen molar-refractivity contribution in [2.75, 3.05) is 11.1 Å². The smallest absolute Gasteiger partial charge is 0.260 e. The SMILES string of the molecule is Cc1cc(N)c(C(=O)Nc2ncccc2C)cn1. The first-order chi connectivity index (χ1) is 8.58. The standard InChI is InChI=1S/C13H14N4O/c1-8-4-3-5-15-12(8)17-13(18)10-7-16-9(2)6-11(10)14/h3-7H,1-2H3,(H2,14,16)(H,15,17,18). The van der Waals surface area contributed by atoms with E-state index in [-0.39, 0.29) is 5.91 Å². The van der Waals surface area contributed by atoms with Crippen molar-refractivity contribution < 1.29 is 4.79 Å². The molecule has 0 aliphatic rings. The highest BCUT2D eigenvalue weighted by Crippen LogP contribution is 2.15. The second kappa shape index (κ2) is 4.83. The summed E-state index contributed by atoms with van der Waals surface area (Å²) < 4.78 is 0. The number of aryl methyl sites for hydroxylation is 2. The topological polar surface area (TPSA) is 80.9 Å². The minimum atomic E-state index is -0.304. The van der Waals surface area contributed by atoms with Crippen molar-refractivity contribution in [2.45, 2.75) is 13.8 Å². The van der Waals surface area contributed by atoms with Crippen LogP contribution in [0.25, 0.3) is 0 Å². The molecule has 0 saturated heterocycles. The third-order valence-corrected chi connectivity index (χ3v) is 2.56. The fraction of sp³-hybridized carbons (Fsp3) is 0.154. The summed E-state index contributed by atoms with van der Waals surface area (Å²) in [6.07, 6.45) is 3.09. The summed E-state index contributed by atoms with van der Waals surface area (Å²) in [6, 6.07) is 5.35. The lowest BCUT2D eigenvalue weighted by Gasteiger charge is -2.08. The molecular formula is C13H14N4O. The van der Waals surface area contributed by atoms with Gasteiger partial charge < -0.3 is 11.1 Å². The first kappa shape index (κ1) is 12.0. The van der Waals surface area contributed by atoms with Crippen molar-refractivity contribution in [3.05, 3.63) is 47.4 Å². The summed E-state index contributed by atoms with van der Waals surface area (Å²) in [5.41, 5.74) is 8.22. The molecule has 2 aromatic rings. The normalized spacial score (nSPS) is 10.1. The summed E-state index contributed by atoms with van der Waals surface area (Å²) >= 11 is 0. The minimum absolute atomic E-state index is 0.304. The molecular weight excluding hydrogens is 228 g/mol. The molecule has 5 heteroatoms. The van der Waals surface area contributed by atoms with Gasteiger partial charge in [0.25, 0.3) is 5.91 Å². The molecule has 0 radical (unpaired) electrons. The number of nitrogens with zero attached hydrogens (tertiary/aromatic N) is 2. The zero-order valence-electron chi connectivity index (χ0n) is 10.3. The van der Waals surface area contributed by atoms with Crippen LogP contribution in [0.4, 0.5) is 11.5 Å². The number of nitrogens with two attached hydrogens (primary N) is 1. The molecule has 3 N–H and O–H groups in total. The van der Waals surface area contributed by atoms with Gasteiger partial charge in [-0.2, -0.15) is 0 Å². The largest absolute Gasteiger partial charge is 0.398 e. The molecule has 2 rings (SSSR count). The Kier molecular flexibility index (Phi) is 3.23. The summed E-state index contributed by atoms with van der Waals surface area (Å²) in [7, 11) is 0. The van der Waals surface area contributed by atoms with Gasteiger partial charge in [-0.25, -0.2) is 4.98 Å². The van der Waals surface area contributed by atoms with Gasteiger partial charge in [-0.05, 0) is 31.5 Å². The Balaban J connectivity index is 2.25. The number of hydrogen-bond donors (Lipinski definition) is 2. The molecule has 92 valence electrons. The third kappa shape index (κ3) is 2.45. The highest BCUT2D eigenvalue weighted by molar-refractivity contribution is 6.07. The van der Waals surface area contributed by atoms with Gasteiger partial charge in [-0.15, -0.1) is 0 Å². The predicted molar refractivity (Wildman–Crippen MR) is 70.3 cm³/mol. The first-order valence-electron chi connectivity index (χ1n) is 5.53. The molecule has 0 unspecified atom stereocenters. The average molecular weight is 242 g/mol. The van der Waals surface area contributed by atoms with E-state index in [2.05, 4.69) is 15.3 Å². The van der Waals surface area contributed by atoms with E-state index >= 15 is 0 Å². The molecule has 18 heavy (non-hydrogen) atoms. The van der Waals surface area contributed by atoms with Crippen LogP contribution in [0, 0.1) is 13.8 Å². The maximum atomic E-state index is 12.0. The summed E-state index contributed by atoms with van der Waals surface area (Å²) in [6.45, 7) is 3.69. The Morgan fingerprint density at radius 1 is 1.33 bits per heavy atom. The summed E-state index contributed by atoms with van der Waals surface area (Å²) in [4.78, 5) is 20.2. The van der Waals surface area contributed by atoms with E-state index in [4.69, 9.17) is 5.73 Å². The van der Waals surface area contributed by atoms with Crippen LogP contribution in [0.2, 0.25) is 0 Å². The number of pyridine rings is 2. The number of amides is 1. The molecule has 0 spiro atoms. The van der Waals surface area contributed by atoms with Crippen molar-refractivity contribution in [1.29, 1.82) is 0 Å². The lowest BCUT2D eigenvalue weighted by molar-refractivity contribution is 0.102. The van der Waals surface area contributed by atoms with Crippen LogP contribution < -0.4 is 11.1 Å². The Morgan fingerprint density at radius 2 is 2.11 bits per heavy atom. The second-order valence-electron chi connectivity index (χ2n) is 4.04. The van der Waals surface area contributed by atoms with Gasteiger partial charge in [0.2, 0.25) is 0 Å².